The highest BCUT2D eigenvalue weighted by Crippen LogP contribution is 2.33. The number of hydrogen-bond acceptors (Lipinski definition) is 7. The number of imidazole rings is 1. The molecule has 196 valence electrons. The van der Waals surface area contributed by atoms with Crippen LogP contribution in [0.1, 0.15) is 29.6 Å². The van der Waals surface area contributed by atoms with Gasteiger partial charge in [0.15, 0.2) is 5.65 Å². The zero-order valence-electron chi connectivity index (χ0n) is 22.4. The van der Waals surface area contributed by atoms with E-state index in [0.717, 1.165) is 68.1 Å². The predicted octanol–water partition coefficient (Wildman–Crippen LogP) is 5.24. The number of rotatable bonds is 6. The highest BCUT2D eigenvalue weighted by atomic mass is 15.5. The smallest absolute Gasteiger partial charge is 0.205 e. The summed E-state index contributed by atoms with van der Waals surface area (Å²) in [5.41, 5.74) is 10.8. The second kappa shape index (κ2) is 9.49. The molecule has 0 aliphatic rings. The zero-order chi connectivity index (χ0) is 27.2. The minimum absolute atomic E-state index is 0.531. The molecule has 4 heterocycles. The quantitative estimate of drug-likeness (QED) is 0.315. The fraction of sp³-hybridized carbons (Fsp3) is 0.167. The summed E-state index contributed by atoms with van der Waals surface area (Å²) in [5.74, 6) is 1.57. The average molecular weight is 527 g/mol. The largest absolute Gasteiger partial charge is 0.308 e. The summed E-state index contributed by atoms with van der Waals surface area (Å²) in [4.78, 5) is 9.72. The maximum Gasteiger partial charge on any atom is 0.205 e. The van der Waals surface area contributed by atoms with E-state index in [1.54, 1.807) is 0 Å². The molecule has 0 amide bonds. The number of H-pyrrole nitrogens is 1. The molecule has 4 aromatic heterocycles. The molecule has 7 rings (SSSR count). The molecular formula is C30H26N10. The molecule has 0 unspecified atom stereocenters. The van der Waals surface area contributed by atoms with Crippen LogP contribution in [0.3, 0.4) is 0 Å². The van der Waals surface area contributed by atoms with Gasteiger partial charge in [0, 0.05) is 17.7 Å². The van der Waals surface area contributed by atoms with Crippen LogP contribution < -0.4 is 0 Å². The Morgan fingerprint density at radius 3 is 2.50 bits per heavy atom. The van der Waals surface area contributed by atoms with Crippen molar-refractivity contribution in [3.63, 3.8) is 0 Å². The number of aryl methyl sites for hydroxylation is 3. The Kier molecular flexibility index (Phi) is 5.66. The summed E-state index contributed by atoms with van der Waals surface area (Å²) >= 11 is 0. The van der Waals surface area contributed by atoms with Gasteiger partial charge in [-0.1, -0.05) is 48.5 Å². The van der Waals surface area contributed by atoms with Crippen molar-refractivity contribution >= 4 is 22.2 Å². The van der Waals surface area contributed by atoms with Gasteiger partial charge in [-0.2, -0.15) is 5.21 Å². The van der Waals surface area contributed by atoms with Gasteiger partial charge in [0.1, 0.15) is 16.9 Å². The molecule has 0 aliphatic heterocycles. The van der Waals surface area contributed by atoms with Gasteiger partial charge in [0.2, 0.25) is 5.82 Å². The van der Waals surface area contributed by atoms with E-state index in [9.17, 15) is 0 Å². The fourth-order valence-corrected chi connectivity index (χ4v) is 5.29. The number of nitrogens with one attached hydrogen (secondary N) is 1. The summed E-state index contributed by atoms with van der Waals surface area (Å²) in [7, 11) is 0. The van der Waals surface area contributed by atoms with Crippen molar-refractivity contribution in [2.24, 2.45) is 0 Å². The first-order chi connectivity index (χ1) is 19.6. The number of fused-ring (bicyclic) bond motifs is 2. The Morgan fingerprint density at radius 1 is 0.850 bits per heavy atom. The Labute approximate surface area is 229 Å². The van der Waals surface area contributed by atoms with Crippen molar-refractivity contribution in [2.45, 2.75) is 33.7 Å². The van der Waals surface area contributed by atoms with Crippen LogP contribution in [0.15, 0.2) is 72.8 Å². The van der Waals surface area contributed by atoms with Gasteiger partial charge < -0.3 is 4.57 Å². The maximum absolute atomic E-state index is 4.89. The van der Waals surface area contributed by atoms with E-state index in [1.807, 2.05) is 48.0 Å². The molecule has 0 aliphatic carbocycles. The standard InChI is InChI=1S/C30H26N10/c1-4-27-32-28-18(2)15-19(3)31-30(28)39(27)17-20-9-11-21(12-10-20)24-16-22(13-14-23(24)29-34-36-37-35-29)40-26-8-6-5-7-25(26)33-38-40/h5-16H,4,17H2,1-3H3,(H,34,35,36,37). The Hall–Kier alpha value is -5.25. The number of para-hydroxylation sites is 1. The molecule has 0 fully saturated rings. The van der Waals surface area contributed by atoms with Crippen LogP contribution in [0.5, 0.6) is 0 Å². The number of benzene rings is 3. The topological polar surface area (TPSA) is 116 Å². The summed E-state index contributed by atoms with van der Waals surface area (Å²) in [6.45, 7) is 6.95. The second-order valence-corrected chi connectivity index (χ2v) is 9.87. The van der Waals surface area contributed by atoms with Crippen LogP contribution in [0.4, 0.5) is 0 Å². The van der Waals surface area contributed by atoms with Gasteiger partial charge in [-0.15, -0.1) is 15.3 Å². The van der Waals surface area contributed by atoms with Crippen LogP contribution in [-0.2, 0) is 13.0 Å². The first-order valence-electron chi connectivity index (χ1n) is 13.2. The fourth-order valence-electron chi connectivity index (χ4n) is 5.29. The molecule has 0 saturated heterocycles. The highest BCUT2D eigenvalue weighted by molar-refractivity contribution is 5.83. The van der Waals surface area contributed by atoms with Gasteiger partial charge in [0.05, 0.1) is 17.7 Å². The third-order valence-corrected chi connectivity index (χ3v) is 7.21. The summed E-state index contributed by atoms with van der Waals surface area (Å²) in [5, 5.41) is 23.6. The molecule has 7 aromatic rings. The third-order valence-electron chi connectivity index (χ3n) is 7.21. The third kappa shape index (κ3) is 4.01. The molecule has 0 spiro atoms. The number of tetrazole rings is 1. The highest BCUT2D eigenvalue weighted by Gasteiger charge is 2.16. The lowest BCUT2D eigenvalue weighted by Gasteiger charge is -2.12. The number of hydrogen-bond donors (Lipinski definition) is 1. The van der Waals surface area contributed by atoms with E-state index in [4.69, 9.17) is 9.97 Å². The predicted molar refractivity (Wildman–Crippen MR) is 153 cm³/mol. The van der Waals surface area contributed by atoms with Crippen molar-refractivity contribution < 1.29 is 0 Å². The molecule has 1 N–H and O–H groups in total. The van der Waals surface area contributed by atoms with Gasteiger partial charge in [-0.05, 0) is 77.7 Å². The molecule has 10 nitrogen and oxygen atoms in total. The molecule has 40 heavy (non-hydrogen) atoms. The van der Waals surface area contributed by atoms with E-state index >= 15 is 0 Å². The molecule has 0 atom stereocenters. The summed E-state index contributed by atoms with van der Waals surface area (Å²) < 4.78 is 4.08. The minimum atomic E-state index is 0.531. The van der Waals surface area contributed by atoms with Crippen molar-refractivity contribution in [3.8, 4) is 28.2 Å². The number of nitrogens with zero attached hydrogens (tertiary/aromatic N) is 9. The van der Waals surface area contributed by atoms with Crippen molar-refractivity contribution in [2.75, 3.05) is 0 Å². The van der Waals surface area contributed by atoms with E-state index < -0.39 is 0 Å². The van der Waals surface area contributed by atoms with E-state index in [-0.39, 0.29) is 0 Å². The van der Waals surface area contributed by atoms with Crippen LogP contribution in [0.2, 0.25) is 0 Å². The zero-order valence-corrected chi connectivity index (χ0v) is 22.4. The van der Waals surface area contributed by atoms with Crippen LogP contribution in [0, 0.1) is 13.8 Å². The average Bonchev–Trinajstić information content (AvgIpc) is 3.73. The van der Waals surface area contributed by atoms with Gasteiger partial charge >= 0.3 is 0 Å². The van der Waals surface area contributed by atoms with Gasteiger partial charge in [-0.25, -0.2) is 14.6 Å². The maximum atomic E-state index is 4.89. The molecule has 10 heteroatoms. The molecule has 0 bridgehead atoms. The summed E-state index contributed by atoms with van der Waals surface area (Å²) in [6, 6.07) is 24.7. The normalized spacial score (nSPS) is 11.6. The molecule has 3 aromatic carbocycles. The van der Waals surface area contributed by atoms with Crippen LogP contribution in [-0.4, -0.2) is 50.2 Å². The van der Waals surface area contributed by atoms with Gasteiger partial charge in [-0.3, -0.25) is 0 Å². The number of pyridine rings is 1. The number of aromatic amines is 1. The number of aromatic nitrogens is 10. The van der Waals surface area contributed by atoms with Crippen LogP contribution in [0.25, 0.3) is 50.4 Å². The van der Waals surface area contributed by atoms with Crippen LogP contribution >= 0.6 is 0 Å². The molecule has 0 saturated carbocycles. The molecular weight excluding hydrogens is 500 g/mol. The monoisotopic (exact) mass is 526 g/mol. The Morgan fingerprint density at radius 2 is 1.70 bits per heavy atom. The molecule has 0 radical (unpaired) electrons. The second-order valence-electron chi connectivity index (χ2n) is 9.87. The lowest BCUT2D eigenvalue weighted by atomic mass is 9.97. The summed E-state index contributed by atoms with van der Waals surface area (Å²) in [6.07, 6.45) is 0.838. The van der Waals surface area contributed by atoms with E-state index in [0.29, 0.717) is 12.4 Å². The Bertz CT molecular complexity index is 1980. The Balaban J connectivity index is 1.29. The minimum Gasteiger partial charge on any atom is -0.308 e. The lowest BCUT2D eigenvalue weighted by Crippen LogP contribution is -2.05. The first-order valence-corrected chi connectivity index (χ1v) is 13.2. The lowest BCUT2D eigenvalue weighted by molar-refractivity contribution is 0.745. The van der Waals surface area contributed by atoms with E-state index in [2.05, 4.69) is 85.7 Å². The van der Waals surface area contributed by atoms with Crippen molar-refractivity contribution in [3.05, 3.63) is 95.4 Å². The first kappa shape index (κ1) is 23.8. The SMILES string of the molecule is CCc1nc2c(C)cc(C)nc2n1Cc1ccc(-c2cc(-n3nnc4ccccc43)ccc2-c2nn[nH]n2)cc1. The van der Waals surface area contributed by atoms with Crippen molar-refractivity contribution in [1.29, 1.82) is 0 Å². The van der Waals surface area contributed by atoms with Gasteiger partial charge in [0.25, 0.3) is 0 Å². The van der Waals surface area contributed by atoms with Crippen molar-refractivity contribution in [1.82, 2.24) is 50.2 Å². The van der Waals surface area contributed by atoms with E-state index in [1.165, 1.54) is 5.56 Å².